The second kappa shape index (κ2) is 3.50. The number of nitrogens with two attached hydrogens (primary N) is 1. The second-order valence-electron chi connectivity index (χ2n) is 2.27. The highest BCUT2D eigenvalue weighted by atomic mass is 19.1. The van der Waals surface area contributed by atoms with E-state index in [1.807, 2.05) is 0 Å². The summed E-state index contributed by atoms with van der Waals surface area (Å²) in [5.41, 5.74) is 5.81. The predicted octanol–water partition coefficient (Wildman–Crippen LogP) is 0.801. The van der Waals surface area contributed by atoms with Gasteiger partial charge in [-0.05, 0) is 12.5 Å². The molecular formula is C7H10FNO2. The summed E-state index contributed by atoms with van der Waals surface area (Å²) in [7, 11) is 0. The van der Waals surface area contributed by atoms with Crippen molar-refractivity contribution in [2.24, 2.45) is 5.73 Å². The van der Waals surface area contributed by atoms with Crippen LogP contribution in [0, 0.1) is 6.01 Å². The van der Waals surface area contributed by atoms with Crippen molar-refractivity contribution < 1.29 is 13.9 Å². The van der Waals surface area contributed by atoms with Gasteiger partial charge in [0.25, 0.3) is 6.01 Å². The standard InChI is InChI=1S/C7H10FNO2/c8-7-5(2-4-11-7)6(9)1-3-10/h2,4,6,10H,1,3,9H2. The van der Waals surface area contributed by atoms with Crippen LogP contribution in [0.4, 0.5) is 4.39 Å². The minimum atomic E-state index is -0.661. The molecule has 0 fully saturated rings. The monoisotopic (exact) mass is 159 g/mol. The minimum Gasteiger partial charge on any atom is -0.439 e. The lowest BCUT2D eigenvalue weighted by molar-refractivity contribution is 0.272. The predicted molar refractivity (Wildman–Crippen MR) is 37.3 cm³/mol. The molecule has 1 aromatic rings. The quantitative estimate of drug-likeness (QED) is 0.685. The van der Waals surface area contributed by atoms with E-state index in [0.717, 1.165) is 0 Å². The molecular weight excluding hydrogens is 149 g/mol. The van der Waals surface area contributed by atoms with Crippen LogP contribution >= 0.6 is 0 Å². The summed E-state index contributed by atoms with van der Waals surface area (Å²) in [5, 5.41) is 8.49. The smallest absolute Gasteiger partial charge is 0.282 e. The van der Waals surface area contributed by atoms with Crippen LogP contribution in [0.5, 0.6) is 0 Å². The van der Waals surface area contributed by atoms with E-state index in [4.69, 9.17) is 10.8 Å². The van der Waals surface area contributed by atoms with Crippen molar-refractivity contribution in [3.8, 4) is 0 Å². The molecule has 0 aliphatic heterocycles. The third kappa shape index (κ3) is 1.78. The molecule has 4 heteroatoms. The molecule has 0 saturated heterocycles. The first-order chi connectivity index (χ1) is 5.25. The average Bonchev–Trinajstić information content (AvgIpc) is 2.36. The van der Waals surface area contributed by atoms with E-state index in [2.05, 4.69) is 4.42 Å². The summed E-state index contributed by atoms with van der Waals surface area (Å²) in [6.45, 7) is -0.0498. The van der Waals surface area contributed by atoms with Gasteiger partial charge in [0.15, 0.2) is 0 Å². The van der Waals surface area contributed by atoms with E-state index in [9.17, 15) is 4.39 Å². The molecule has 0 spiro atoms. The molecule has 0 aliphatic carbocycles. The molecule has 1 aromatic heterocycles. The van der Waals surface area contributed by atoms with Crippen LogP contribution in [0.25, 0.3) is 0 Å². The summed E-state index contributed by atoms with van der Waals surface area (Å²) >= 11 is 0. The molecule has 11 heavy (non-hydrogen) atoms. The largest absolute Gasteiger partial charge is 0.439 e. The van der Waals surface area contributed by atoms with E-state index in [1.165, 1.54) is 12.3 Å². The molecule has 62 valence electrons. The second-order valence-corrected chi connectivity index (χ2v) is 2.27. The van der Waals surface area contributed by atoms with E-state index >= 15 is 0 Å². The van der Waals surface area contributed by atoms with Crippen molar-refractivity contribution in [2.45, 2.75) is 12.5 Å². The summed E-state index contributed by atoms with van der Waals surface area (Å²) in [6, 6.07) is 0.333. The average molecular weight is 159 g/mol. The van der Waals surface area contributed by atoms with Crippen LogP contribution in [-0.4, -0.2) is 11.7 Å². The van der Waals surface area contributed by atoms with Crippen molar-refractivity contribution in [3.05, 3.63) is 23.9 Å². The first-order valence-corrected chi connectivity index (χ1v) is 3.35. The normalized spacial score (nSPS) is 13.4. The van der Waals surface area contributed by atoms with Crippen LogP contribution in [0.2, 0.25) is 0 Å². The molecule has 3 nitrogen and oxygen atoms in total. The number of halogens is 1. The van der Waals surface area contributed by atoms with E-state index in [1.54, 1.807) is 0 Å². The first-order valence-electron chi connectivity index (χ1n) is 3.35. The van der Waals surface area contributed by atoms with Gasteiger partial charge in [-0.15, -0.1) is 0 Å². The van der Waals surface area contributed by atoms with Crippen LogP contribution < -0.4 is 5.73 Å². The van der Waals surface area contributed by atoms with Gasteiger partial charge in [-0.25, -0.2) is 0 Å². The topological polar surface area (TPSA) is 59.4 Å². The molecule has 1 rings (SSSR count). The van der Waals surface area contributed by atoms with Gasteiger partial charge in [-0.3, -0.25) is 0 Å². The number of hydrogen-bond acceptors (Lipinski definition) is 3. The Morgan fingerprint density at radius 3 is 2.91 bits per heavy atom. The Morgan fingerprint density at radius 1 is 1.73 bits per heavy atom. The summed E-state index contributed by atoms with van der Waals surface area (Å²) < 4.78 is 17.0. The lowest BCUT2D eigenvalue weighted by Gasteiger charge is -2.05. The number of hydrogen-bond donors (Lipinski definition) is 2. The van der Waals surface area contributed by atoms with Gasteiger partial charge >= 0.3 is 0 Å². The number of aliphatic hydroxyl groups is 1. The zero-order chi connectivity index (χ0) is 8.27. The van der Waals surface area contributed by atoms with Crippen LogP contribution in [0.15, 0.2) is 16.7 Å². The molecule has 0 aromatic carbocycles. The summed E-state index contributed by atoms with van der Waals surface area (Å²) in [5.74, 6) is 0. The van der Waals surface area contributed by atoms with Gasteiger partial charge < -0.3 is 15.3 Å². The Balaban J connectivity index is 2.67. The third-order valence-corrected chi connectivity index (χ3v) is 1.49. The van der Waals surface area contributed by atoms with Crippen LogP contribution in [-0.2, 0) is 0 Å². The highest BCUT2D eigenvalue weighted by Crippen LogP contribution is 2.17. The Morgan fingerprint density at radius 2 is 2.45 bits per heavy atom. The molecule has 1 atom stereocenters. The molecule has 3 N–H and O–H groups in total. The fraction of sp³-hybridized carbons (Fsp3) is 0.429. The molecule has 0 amide bonds. The van der Waals surface area contributed by atoms with Crippen molar-refractivity contribution >= 4 is 0 Å². The maximum absolute atomic E-state index is 12.6. The molecule has 0 aliphatic rings. The van der Waals surface area contributed by atoms with Gasteiger partial charge in [0, 0.05) is 18.2 Å². The van der Waals surface area contributed by atoms with Gasteiger partial charge in [0.2, 0.25) is 0 Å². The van der Waals surface area contributed by atoms with Gasteiger partial charge in [-0.1, -0.05) is 0 Å². The fourth-order valence-electron chi connectivity index (χ4n) is 0.865. The lowest BCUT2D eigenvalue weighted by atomic mass is 10.1. The van der Waals surface area contributed by atoms with E-state index in [0.29, 0.717) is 12.0 Å². The van der Waals surface area contributed by atoms with Crippen molar-refractivity contribution in [2.75, 3.05) is 6.61 Å². The SMILES string of the molecule is NC(CCO)c1ccoc1F. The van der Waals surface area contributed by atoms with Crippen molar-refractivity contribution in [1.29, 1.82) is 0 Å². The minimum absolute atomic E-state index is 0.0498. The Kier molecular flexibility index (Phi) is 2.62. The van der Waals surface area contributed by atoms with Crippen LogP contribution in [0.1, 0.15) is 18.0 Å². The van der Waals surface area contributed by atoms with Crippen molar-refractivity contribution in [1.82, 2.24) is 0 Å². The lowest BCUT2D eigenvalue weighted by Crippen LogP contribution is -2.12. The van der Waals surface area contributed by atoms with Gasteiger partial charge in [-0.2, -0.15) is 4.39 Å². The van der Waals surface area contributed by atoms with Gasteiger partial charge in [0.1, 0.15) is 0 Å². The molecule has 0 bridgehead atoms. The van der Waals surface area contributed by atoms with E-state index in [-0.39, 0.29) is 6.61 Å². The molecule has 0 saturated carbocycles. The molecule has 0 radical (unpaired) electrons. The Hall–Kier alpha value is -0.870. The fourth-order valence-corrected chi connectivity index (χ4v) is 0.865. The number of aliphatic hydroxyl groups excluding tert-OH is 1. The highest BCUT2D eigenvalue weighted by Gasteiger charge is 2.12. The van der Waals surface area contributed by atoms with E-state index < -0.39 is 12.1 Å². The summed E-state index contributed by atoms with van der Waals surface area (Å²) in [4.78, 5) is 0. The number of rotatable bonds is 3. The Bertz CT molecular complexity index is 224. The van der Waals surface area contributed by atoms with Gasteiger partial charge in [0.05, 0.1) is 6.26 Å². The Labute approximate surface area is 63.6 Å². The zero-order valence-corrected chi connectivity index (χ0v) is 5.96. The highest BCUT2D eigenvalue weighted by molar-refractivity contribution is 5.12. The van der Waals surface area contributed by atoms with Crippen molar-refractivity contribution in [3.63, 3.8) is 0 Å². The zero-order valence-electron chi connectivity index (χ0n) is 5.96. The third-order valence-electron chi connectivity index (χ3n) is 1.49. The molecule has 1 unspecified atom stereocenters. The molecule has 1 heterocycles. The maximum Gasteiger partial charge on any atom is 0.282 e. The number of furan rings is 1. The maximum atomic E-state index is 12.6. The van der Waals surface area contributed by atoms with Crippen LogP contribution in [0.3, 0.4) is 0 Å². The first kappa shape index (κ1) is 8.23. The summed E-state index contributed by atoms with van der Waals surface area (Å²) in [6.07, 6.45) is 1.58.